The topological polar surface area (TPSA) is 57.4 Å². The number of hydrogen-bond donors (Lipinski definition) is 2. The number of nitrogens with one attached hydrogen (secondary N) is 2. The lowest BCUT2D eigenvalue weighted by molar-refractivity contribution is -0.120. The lowest BCUT2D eigenvalue weighted by Gasteiger charge is -2.35. The fourth-order valence-corrected chi connectivity index (χ4v) is 4.50. The Balaban J connectivity index is 1.48. The number of nitrogens with zero attached hydrogens (tertiary/aromatic N) is 1. The molecule has 2 heterocycles. The van der Waals surface area contributed by atoms with Crippen LogP contribution >= 0.6 is 0 Å². The molecule has 1 saturated heterocycles. The van der Waals surface area contributed by atoms with Gasteiger partial charge < -0.3 is 15.0 Å². The zero-order valence-corrected chi connectivity index (χ0v) is 17.9. The third kappa shape index (κ3) is 4.51. The number of likely N-dealkylation sites (tertiary alicyclic amines) is 1. The van der Waals surface area contributed by atoms with Gasteiger partial charge in [-0.2, -0.15) is 0 Å². The smallest absolute Gasteiger partial charge is 0.224 e. The third-order valence-electron chi connectivity index (χ3n) is 6.10. The Hall–Kier alpha value is -2.79. The van der Waals surface area contributed by atoms with Crippen LogP contribution in [-0.4, -0.2) is 42.5 Å². The van der Waals surface area contributed by atoms with Crippen LogP contribution in [0, 0.1) is 6.92 Å². The SMILES string of the molecule is COc1ccccc1C(CNC(=O)Cc1c[nH]c2cc(C)ccc12)N1CCCCC1. The first kappa shape index (κ1) is 20.5. The van der Waals surface area contributed by atoms with Crippen LogP contribution in [0.3, 0.4) is 0 Å². The molecule has 4 rings (SSSR count). The first-order chi connectivity index (χ1) is 14.7. The highest BCUT2D eigenvalue weighted by Gasteiger charge is 2.25. The van der Waals surface area contributed by atoms with E-state index >= 15 is 0 Å². The van der Waals surface area contributed by atoms with Gasteiger partial charge in [0.15, 0.2) is 0 Å². The predicted octanol–water partition coefficient (Wildman–Crippen LogP) is 4.37. The minimum atomic E-state index is 0.0494. The van der Waals surface area contributed by atoms with E-state index in [2.05, 4.69) is 46.4 Å². The van der Waals surface area contributed by atoms with Crippen molar-refractivity contribution in [1.29, 1.82) is 0 Å². The maximum absolute atomic E-state index is 12.8. The van der Waals surface area contributed by atoms with Gasteiger partial charge in [-0.15, -0.1) is 0 Å². The van der Waals surface area contributed by atoms with Crippen LogP contribution in [0.25, 0.3) is 10.9 Å². The van der Waals surface area contributed by atoms with Gasteiger partial charge in [0.2, 0.25) is 5.91 Å². The molecule has 5 nitrogen and oxygen atoms in total. The average molecular weight is 406 g/mol. The fourth-order valence-electron chi connectivity index (χ4n) is 4.50. The molecule has 30 heavy (non-hydrogen) atoms. The minimum Gasteiger partial charge on any atom is -0.496 e. The van der Waals surface area contributed by atoms with Crippen LogP contribution in [0.5, 0.6) is 5.75 Å². The summed E-state index contributed by atoms with van der Waals surface area (Å²) in [6.07, 6.45) is 6.01. The number of rotatable bonds is 7. The molecule has 1 unspecified atom stereocenters. The summed E-state index contributed by atoms with van der Waals surface area (Å²) in [5.74, 6) is 0.933. The first-order valence-corrected chi connectivity index (χ1v) is 10.9. The fraction of sp³-hybridized carbons (Fsp3) is 0.400. The summed E-state index contributed by atoms with van der Waals surface area (Å²) in [4.78, 5) is 18.6. The number of para-hydroxylation sites is 1. The molecule has 1 atom stereocenters. The number of benzene rings is 2. The normalized spacial score (nSPS) is 15.8. The van der Waals surface area contributed by atoms with Gasteiger partial charge >= 0.3 is 0 Å². The molecule has 0 bridgehead atoms. The zero-order chi connectivity index (χ0) is 20.9. The molecular weight excluding hydrogens is 374 g/mol. The molecule has 1 aliphatic heterocycles. The van der Waals surface area contributed by atoms with E-state index in [1.165, 1.54) is 24.8 Å². The molecule has 1 aliphatic rings. The molecule has 0 spiro atoms. The van der Waals surface area contributed by atoms with Crippen molar-refractivity contribution < 1.29 is 9.53 Å². The number of carbonyl (C=O) groups is 1. The van der Waals surface area contributed by atoms with Crippen LogP contribution in [0.15, 0.2) is 48.7 Å². The molecule has 1 amide bonds. The number of amides is 1. The van der Waals surface area contributed by atoms with E-state index < -0.39 is 0 Å². The Morgan fingerprint density at radius 1 is 1.17 bits per heavy atom. The van der Waals surface area contributed by atoms with Gasteiger partial charge in [-0.05, 0) is 56.1 Å². The largest absolute Gasteiger partial charge is 0.496 e. The van der Waals surface area contributed by atoms with Gasteiger partial charge in [-0.1, -0.05) is 36.8 Å². The number of ether oxygens (including phenoxy) is 1. The van der Waals surface area contributed by atoms with Crippen molar-refractivity contribution >= 4 is 16.8 Å². The molecule has 1 aromatic heterocycles. The van der Waals surface area contributed by atoms with Crippen molar-refractivity contribution in [3.63, 3.8) is 0 Å². The number of carbonyl (C=O) groups excluding carboxylic acids is 1. The number of hydrogen-bond acceptors (Lipinski definition) is 3. The molecule has 3 aromatic rings. The van der Waals surface area contributed by atoms with Gasteiger partial charge in [-0.3, -0.25) is 9.69 Å². The Kier molecular flexibility index (Phi) is 6.38. The van der Waals surface area contributed by atoms with Crippen LogP contribution in [0.2, 0.25) is 0 Å². The van der Waals surface area contributed by atoms with Crippen LogP contribution in [0.1, 0.15) is 42.0 Å². The molecular formula is C25H31N3O2. The summed E-state index contributed by atoms with van der Waals surface area (Å²) in [5.41, 5.74) is 4.47. The van der Waals surface area contributed by atoms with Crippen molar-refractivity contribution in [2.75, 3.05) is 26.7 Å². The van der Waals surface area contributed by atoms with Crippen molar-refractivity contribution in [2.45, 2.75) is 38.6 Å². The summed E-state index contributed by atoms with van der Waals surface area (Å²) >= 11 is 0. The second kappa shape index (κ2) is 9.35. The monoisotopic (exact) mass is 405 g/mol. The average Bonchev–Trinajstić information content (AvgIpc) is 3.16. The van der Waals surface area contributed by atoms with Gasteiger partial charge in [0, 0.05) is 29.2 Å². The van der Waals surface area contributed by atoms with Crippen molar-refractivity contribution in [2.24, 2.45) is 0 Å². The van der Waals surface area contributed by atoms with E-state index in [9.17, 15) is 4.79 Å². The summed E-state index contributed by atoms with van der Waals surface area (Å²) in [7, 11) is 1.71. The van der Waals surface area contributed by atoms with E-state index in [0.29, 0.717) is 13.0 Å². The molecule has 2 N–H and O–H groups in total. The number of H-pyrrole nitrogens is 1. The highest BCUT2D eigenvalue weighted by Crippen LogP contribution is 2.31. The maximum Gasteiger partial charge on any atom is 0.224 e. The Morgan fingerprint density at radius 3 is 2.77 bits per heavy atom. The number of aromatic nitrogens is 1. The lowest BCUT2D eigenvalue weighted by atomic mass is 10.0. The number of piperidine rings is 1. The number of fused-ring (bicyclic) bond motifs is 1. The summed E-state index contributed by atoms with van der Waals surface area (Å²) < 4.78 is 5.62. The van der Waals surface area contributed by atoms with Crippen molar-refractivity contribution in [1.82, 2.24) is 15.2 Å². The van der Waals surface area contributed by atoms with Crippen molar-refractivity contribution in [3.8, 4) is 5.75 Å². The molecule has 0 aliphatic carbocycles. The van der Waals surface area contributed by atoms with E-state index in [0.717, 1.165) is 40.9 Å². The van der Waals surface area contributed by atoms with E-state index in [4.69, 9.17) is 4.74 Å². The third-order valence-corrected chi connectivity index (χ3v) is 6.10. The Labute approximate surface area is 178 Å². The van der Waals surface area contributed by atoms with E-state index in [-0.39, 0.29) is 11.9 Å². The summed E-state index contributed by atoms with van der Waals surface area (Å²) in [6, 6.07) is 14.6. The molecule has 2 aromatic carbocycles. The number of aryl methyl sites for hydroxylation is 1. The van der Waals surface area contributed by atoms with Crippen LogP contribution < -0.4 is 10.1 Å². The van der Waals surface area contributed by atoms with Gasteiger partial charge in [0.25, 0.3) is 0 Å². The molecule has 0 radical (unpaired) electrons. The number of methoxy groups -OCH3 is 1. The van der Waals surface area contributed by atoms with Crippen LogP contribution in [0.4, 0.5) is 0 Å². The quantitative estimate of drug-likeness (QED) is 0.614. The van der Waals surface area contributed by atoms with E-state index in [1.807, 2.05) is 24.4 Å². The van der Waals surface area contributed by atoms with Gasteiger partial charge in [0.05, 0.1) is 19.6 Å². The minimum absolute atomic E-state index is 0.0494. The molecule has 158 valence electrons. The number of aromatic amines is 1. The van der Waals surface area contributed by atoms with E-state index in [1.54, 1.807) is 7.11 Å². The van der Waals surface area contributed by atoms with Gasteiger partial charge in [-0.25, -0.2) is 0 Å². The summed E-state index contributed by atoms with van der Waals surface area (Å²) in [5, 5.41) is 4.31. The second-order valence-electron chi connectivity index (χ2n) is 8.20. The molecule has 0 saturated carbocycles. The highest BCUT2D eigenvalue weighted by atomic mass is 16.5. The molecule has 1 fully saturated rings. The highest BCUT2D eigenvalue weighted by molar-refractivity contribution is 5.89. The standard InChI is InChI=1S/C25H31N3O2/c1-18-10-11-20-19(16-26-22(20)14-18)15-25(29)27-17-23(28-12-6-3-7-13-28)21-8-4-5-9-24(21)30-2/h4-5,8-11,14,16,23,26H,3,6-7,12-13,15,17H2,1-2H3,(H,27,29). The Morgan fingerprint density at radius 2 is 1.97 bits per heavy atom. The first-order valence-electron chi connectivity index (χ1n) is 10.9. The lowest BCUT2D eigenvalue weighted by Crippen LogP contribution is -2.41. The van der Waals surface area contributed by atoms with Crippen LogP contribution in [-0.2, 0) is 11.2 Å². The Bertz CT molecular complexity index is 1000. The maximum atomic E-state index is 12.8. The zero-order valence-electron chi connectivity index (χ0n) is 17.9. The predicted molar refractivity (Wildman–Crippen MR) is 121 cm³/mol. The molecule has 5 heteroatoms. The van der Waals surface area contributed by atoms with Gasteiger partial charge in [0.1, 0.15) is 5.75 Å². The second-order valence-corrected chi connectivity index (χ2v) is 8.20. The van der Waals surface area contributed by atoms with Crippen molar-refractivity contribution in [3.05, 3.63) is 65.4 Å². The summed E-state index contributed by atoms with van der Waals surface area (Å²) in [6.45, 7) is 4.77.